The number of likely N-dealkylation sites (N-methyl/N-ethyl adjacent to an activating group) is 2. The minimum atomic E-state index is -1.05. The third-order valence-corrected chi connectivity index (χ3v) is 6.88. The first kappa shape index (κ1) is 27.4. The number of aromatic nitrogens is 1. The van der Waals surface area contributed by atoms with Crippen LogP contribution >= 0.6 is 35.2 Å². The van der Waals surface area contributed by atoms with Crippen molar-refractivity contribution in [3.63, 3.8) is 0 Å². The molecular formula is C21H24ClN7O5S2. The second-order valence-electron chi connectivity index (χ2n) is 8.22. The molecule has 192 valence electrons. The van der Waals surface area contributed by atoms with Gasteiger partial charge < -0.3 is 25.8 Å². The van der Waals surface area contributed by atoms with Gasteiger partial charge >= 0.3 is 0 Å². The maximum Gasteiger partial charge on any atom is 0.294 e. The topological polar surface area (TPSA) is 150 Å². The first-order chi connectivity index (χ1) is 17.0. The fourth-order valence-corrected chi connectivity index (χ4v) is 4.76. The van der Waals surface area contributed by atoms with Crippen LogP contribution in [0.1, 0.15) is 20.4 Å². The summed E-state index contributed by atoms with van der Waals surface area (Å²) < 4.78 is 0. The zero-order valence-electron chi connectivity index (χ0n) is 19.7. The molecule has 0 bridgehead atoms. The number of thiazole rings is 1. The molecule has 0 radical (unpaired) electrons. The fraction of sp³-hybridized carbons (Fsp3) is 0.381. The standard InChI is InChI=1S/C21H24ClN7O5S2/c1-27(2)21(32)14(25-18(31)20-26-13-6-7-28(3)10-16(13)36-20)9-23-19(35)17(30)24-12-5-4-11(22)8-15(12)29(33)34/h4-5,8,14H,6-7,9-10H2,1-3H3,(H,23,35)(H,24,30)(H,25,31). The molecule has 0 spiro atoms. The van der Waals surface area contributed by atoms with Crippen molar-refractivity contribution in [1.82, 2.24) is 25.4 Å². The SMILES string of the molecule is CN1CCc2nc(C(=O)NC(CNC(=S)C(=O)Nc3ccc(Cl)cc3[N+](=O)[O-])C(=O)N(C)C)sc2C1. The zero-order chi connectivity index (χ0) is 26.6. The Morgan fingerprint density at radius 3 is 2.75 bits per heavy atom. The summed E-state index contributed by atoms with van der Waals surface area (Å²) in [4.78, 5) is 57.2. The highest BCUT2D eigenvalue weighted by Crippen LogP contribution is 2.28. The van der Waals surface area contributed by atoms with Crippen LogP contribution in [0.15, 0.2) is 18.2 Å². The number of nitro groups is 1. The van der Waals surface area contributed by atoms with Crippen molar-refractivity contribution >= 4 is 69.2 Å². The van der Waals surface area contributed by atoms with Crippen LogP contribution in [0.25, 0.3) is 0 Å². The van der Waals surface area contributed by atoms with Crippen molar-refractivity contribution in [2.45, 2.75) is 19.0 Å². The number of hydrogen-bond donors (Lipinski definition) is 3. The van der Waals surface area contributed by atoms with Gasteiger partial charge in [0, 0.05) is 56.1 Å². The largest absolute Gasteiger partial charge is 0.369 e. The van der Waals surface area contributed by atoms with Gasteiger partial charge in [-0.1, -0.05) is 23.8 Å². The van der Waals surface area contributed by atoms with Crippen LogP contribution in [0.3, 0.4) is 0 Å². The van der Waals surface area contributed by atoms with Gasteiger partial charge in [0.05, 0.1) is 10.6 Å². The molecule has 36 heavy (non-hydrogen) atoms. The number of nitrogens with one attached hydrogen (secondary N) is 3. The van der Waals surface area contributed by atoms with Gasteiger partial charge in [0.25, 0.3) is 17.5 Å². The van der Waals surface area contributed by atoms with Crippen LogP contribution in [0.5, 0.6) is 0 Å². The Morgan fingerprint density at radius 1 is 1.36 bits per heavy atom. The zero-order valence-corrected chi connectivity index (χ0v) is 22.1. The molecule has 1 atom stereocenters. The van der Waals surface area contributed by atoms with Crippen molar-refractivity contribution in [2.24, 2.45) is 0 Å². The van der Waals surface area contributed by atoms with Crippen LogP contribution in [-0.4, -0.2) is 82.7 Å². The molecule has 2 aromatic rings. The van der Waals surface area contributed by atoms with E-state index in [2.05, 4.69) is 25.8 Å². The van der Waals surface area contributed by atoms with Crippen molar-refractivity contribution in [3.8, 4) is 0 Å². The molecule has 3 N–H and O–H groups in total. The molecule has 1 aliphatic heterocycles. The summed E-state index contributed by atoms with van der Waals surface area (Å²) in [6, 6.07) is 2.72. The van der Waals surface area contributed by atoms with Gasteiger partial charge in [-0.05, 0) is 19.2 Å². The van der Waals surface area contributed by atoms with E-state index < -0.39 is 34.4 Å². The summed E-state index contributed by atoms with van der Waals surface area (Å²) in [5.41, 5.74) is 0.390. The average Bonchev–Trinajstić information content (AvgIpc) is 3.25. The molecule has 1 unspecified atom stereocenters. The summed E-state index contributed by atoms with van der Waals surface area (Å²) in [7, 11) is 5.05. The first-order valence-electron chi connectivity index (χ1n) is 10.7. The summed E-state index contributed by atoms with van der Waals surface area (Å²) >= 11 is 12.2. The maximum atomic E-state index is 12.9. The number of hydrogen-bond acceptors (Lipinski definition) is 9. The van der Waals surface area contributed by atoms with Crippen molar-refractivity contribution in [3.05, 3.63) is 48.9 Å². The number of nitrogens with zero attached hydrogens (tertiary/aromatic N) is 4. The lowest BCUT2D eigenvalue weighted by molar-refractivity contribution is -0.383. The molecule has 3 amide bonds. The number of carbonyl (C=O) groups is 3. The van der Waals surface area contributed by atoms with Gasteiger partial charge in [-0.2, -0.15) is 0 Å². The lowest BCUT2D eigenvalue weighted by Crippen LogP contribution is -2.53. The van der Waals surface area contributed by atoms with Crippen LogP contribution in [0, 0.1) is 10.1 Å². The number of anilines is 1. The number of thiocarbonyl (C=S) groups is 1. The number of fused-ring (bicyclic) bond motifs is 1. The molecule has 3 rings (SSSR count). The number of carbonyl (C=O) groups excluding carboxylic acids is 3. The Labute approximate surface area is 221 Å². The van der Waals surface area contributed by atoms with Crippen LogP contribution in [0.2, 0.25) is 5.02 Å². The minimum absolute atomic E-state index is 0.0915. The van der Waals surface area contributed by atoms with Gasteiger partial charge in [-0.15, -0.1) is 11.3 Å². The molecule has 1 aliphatic rings. The average molecular weight is 554 g/mol. The molecule has 1 aromatic heterocycles. The number of halogens is 1. The third kappa shape index (κ3) is 6.72. The van der Waals surface area contributed by atoms with E-state index in [1.807, 2.05) is 7.05 Å². The van der Waals surface area contributed by atoms with Crippen molar-refractivity contribution in [1.29, 1.82) is 0 Å². The van der Waals surface area contributed by atoms with Gasteiger partial charge in [0.15, 0.2) is 10.00 Å². The normalized spacial score (nSPS) is 13.8. The van der Waals surface area contributed by atoms with E-state index in [1.165, 1.54) is 42.5 Å². The Hall–Kier alpha value is -3.20. The Balaban J connectivity index is 1.66. The highest BCUT2D eigenvalue weighted by Gasteiger charge is 2.27. The predicted molar refractivity (Wildman–Crippen MR) is 139 cm³/mol. The second-order valence-corrected chi connectivity index (χ2v) is 10.1. The second kappa shape index (κ2) is 11.7. The van der Waals surface area contributed by atoms with E-state index in [0.717, 1.165) is 29.6 Å². The monoisotopic (exact) mass is 553 g/mol. The smallest absolute Gasteiger partial charge is 0.294 e. The molecule has 0 fully saturated rings. The highest BCUT2D eigenvalue weighted by atomic mass is 35.5. The molecule has 15 heteroatoms. The van der Waals surface area contributed by atoms with E-state index >= 15 is 0 Å². The maximum absolute atomic E-state index is 12.9. The number of rotatable bonds is 7. The predicted octanol–water partition coefficient (Wildman–Crippen LogP) is 1.43. The third-order valence-electron chi connectivity index (χ3n) is 5.24. The quantitative estimate of drug-likeness (QED) is 0.263. The number of nitro benzene ring substituents is 1. The summed E-state index contributed by atoms with van der Waals surface area (Å²) in [5.74, 6) is -1.76. The lowest BCUT2D eigenvalue weighted by Gasteiger charge is -2.22. The summed E-state index contributed by atoms with van der Waals surface area (Å²) in [6.07, 6.45) is 0.742. The highest BCUT2D eigenvalue weighted by molar-refractivity contribution is 7.82. The molecule has 0 saturated heterocycles. The summed E-state index contributed by atoms with van der Waals surface area (Å²) in [6.45, 7) is 1.37. The van der Waals surface area contributed by atoms with E-state index in [-0.39, 0.29) is 27.3 Å². The molecule has 0 saturated carbocycles. The summed E-state index contributed by atoms with van der Waals surface area (Å²) in [5, 5.41) is 19.3. The van der Waals surface area contributed by atoms with Gasteiger partial charge in [0.2, 0.25) is 5.91 Å². The number of amides is 3. The fourth-order valence-electron chi connectivity index (χ4n) is 3.37. The Kier molecular flexibility index (Phi) is 8.89. The minimum Gasteiger partial charge on any atom is -0.369 e. The molecule has 12 nitrogen and oxygen atoms in total. The van der Waals surface area contributed by atoms with Crippen molar-refractivity contribution < 1.29 is 19.3 Å². The van der Waals surface area contributed by atoms with E-state index in [9.17, 15) is 24.5 Å². The molecular weight excluding hydrogens is 530 g/mol. The lowest BCUT2D eigenvalue weighted by atomic mass is 10.2. The van der Waals surface area contributed by atoms with E-state index in [0.29, 0.717) is 6.54 Å². The van der Waals surface area contributed by atoms with Crippen LogP contribution in [-0.2, 0) is 22.6 Å². The van der Waals surface area contributed by atoms with Crippen LogP contribution < -0.4 is 16.0 Å². The van der Waals surface area contributed by atoms with Gasteiger partial charge in [-0.3, -0.25) is 24.5 Å². The Morgan fingerprint density at radius 2 is 2.08 bits per heavy atom. The van der Waals surface area contributed by atoms with Crippen LogP contribution in [0.4, 0.5) is 11.4 Å². The molecule has 2 heterocycles. The number of benzene rings is 1. The molecule has 1 aromatic carbocycles. The van der Waals surface area contributed by atoms with E-state index in [4.69, 9.17) is 23.8 Å². The van der Waals surface area contributed by atoms with E-state index in [1.54, 1.807) is 0 Å². The van der Waals surface area contributed by atoms with Crippen molar-refractivity contribution in [2.75, 3.05) is 39.5 Å². The van der Waals surface area contributed by atoms with Gasteiger partial charge in [0.1, 0.15) is 11.7 Å². The van der Waals surface area contributed by atoms with Gasteiger partial charge in [-0.25, -0.2) is 4.98 Å². The first-order valence-corrected chi connectivity index (χ1v) is 12.3. The Bertz CT molecular complexity index is 1220. The molecule has 0 aliphatic carbocycles.